The summed E-state index contributed by atoms with van der Waals surface area (Å²) in [6, 6.07) is 13.5. The summed E-state index contributed by atoms with van der Waals surface area (Å²) >= 11 is 3.20. The lowest BCUT2D eigenvalue weighted by atomic mass is 10.1. The third kappa shape index (κ3) is 5.38. The molecule has 0 aliphatic rings. The Morgan fingerprint density at radius 1 is 1.32 bits per heavy atom. The molecule has 4 nitrogen and oxygen atoms in total. The minimum Gasteiger partial charge on any atom is -0.364 e. The maximum atomic E-state index is 14.2. The number of hydrogen-bond acceptors (Lipinski definition) is 3. The van der Waals surface area contributed by atoms with E-state index in [1.807, 2.05) is 13.0 Å². The highest BCUT2D eigenvalue weighted by atomic mass is 79.9. The molecule has 2 rings (SSSR count). The van der Waals surface area contributed by atoms with Gasteiger partial charge in [0.05, 0.1) is 11.6 Å². The molecular weight excluding hydrogens is 387 g/mol. The molecule has 0 saturated heterocycles. The number of rotatable bonds is 7. The highest BCUT2D eigenvalue weighted by Crippen LogP contribution is 2.24. The molecule has 2 aromatic carbocycles. The SMILES string of the molecule is CCCOC(C(=O)NCc1ccc(C#N)cc1)c1ccc(Br)cc1F. The van der Waals surface area contributed by atoms with Gasteiger partial charge in [0.25, 0.3) is 5.91 Å². The van der Waals surface area contributed by atoms with Crippen LogP contribution in [0.4, 0.5) is 4.39 Å². The van der Waals surface area contributed by atoms with Gasteiger partial charge in [0.2, 0.25) is 0 Å². The molecule has 0 heterocycles. The Kier molecular flexibility index (Phi) is 7.11. The van der Waals surface area contributed by atoms with Crippen LogP contribution in [-0.2, 0) is 16.1 Å². The highest BCUT2D eigenvalue weighted by molar-refractivity contribution is 9.10. The highest BCUT2D eigenvalue weighted by Gasteiger charge is 2.24. The smallest absolute Gasteiger partial charge is 0.254 e. The summed E-state index contributed by atoms with van der Waals surface area (Å²) in [5.41, 5.74) is 1.60. The quantitative estimate of drug-likeness (QED) is 0.750. The lowest BCUT2D eigenvalue weighted by molar-refractivity contribution is -0.133. The van der Waals surface area contributed by atoms with Crippen molar-refractivity contribution in [3.63, 3.8) is 0 Å². The standard InChI is InChI=1S/C19H18BrFN2O2/c1-2-9-25-18(16-8-7-15(20)10-17(16)21)19(24)23-12-14-5-3-13(11-22)4-6-14/h3-8,10,18H,2,9,12H2,1H3,(H,23,24). The van der Waals surface area contributed by atoms with Gasteiger partial charge in [-0.2, -0.15) is 5.26 Å². The van der Waals surface area contributed by atoms with E-state index in [4.69, 9.17) is 10.00 Å². The lowest BCUT2D eigenvalue weighted by Crippen LogP contribution is -2.31. The van der Waals surface area contributed by atoms with Gasteiger partial charge in [-0.1, -0.05) is 41.1 Å². The van der Waals surface area contributed by atoms with Crippen molar-refractivity contribution in [3.8, 4) is 6.07 Å². The van der Waals surface area contributed by atoms with Crippen LogP contribution in [-0.4, -0.2) is 12.5 Å². The first-order valence-electron chi connectivity index (χ1n) is 7.88. The predicted molar refractivity (Wildman–Crippen MR) is 96.1 cm³/mol. The number of nitrogens with one attached hydrogen (secondary N) is 1. The molecule has 130 valence electrons. The van der Waals surface area contributed by atoms with Crippen LogP contribution < -0.4 is 5.32 Å². The van der Waals surface area contributed by atoms with Crippen LogP contribution >= 0.6 is 15.9 Å². The molecule has 0 aliphatic carbocycles. The number of halogens is 2. The van der Waals surface area contributed by atoms with Crippen LogP contribution in [0.25, 0.3) is 0 Å². The van der Waals surface area contributed by atoms with Gasteiger partial charge < -0.3 is 10.1 Å². The van der Waals surface area contributed by atoms with Gasteiger partial charge in [0.15, 0.2) is 6.10 Å². The molecule has 1 N–H and O–H groups in total. The van der Waals surface area contributed by atoms with Crippen LogP contribution in [0.15, 0.2) is 46.9 Å². The molecule has 2 aromatic rings. The first-order valence-corrected chi connectivity index (χ1v) is 8.67. The van der Waals surface area contributed by atoms with E-state index < -0.39 is 17.8 Å². The molecule has 0 saturated carbocycles. The van der Waals surface area contributed by atoms with E-state index in [9.17, 15) is 9.18 Å². The number of carbonyl (C=O) groups excluding carboxylic acids is 1. The van der Waals surface area contributed by atoms with E-state index >= 15 is 0 Å². The number of carbonyl (C=O) groups is 1. The van der Waals surface area contributed by atoms with Crippen molar-refractivity contribution in [3.05, 3.63) is 69.4 Å². The molecule has 1 atom stereocenters. The van der Waals surface area contributed by atoms with Gasteiger partial charge in [0.1, 0.15) is 5.82 Å². The van der Waals surface area contributed by atoms with Gasteiger partial charge in [0, 0.05) is 23.2 Å². The Morgan fingerprint density at radius 3 is 2.64 bits per heavy atom. The summed E-state index contributed by atoms with van der Waals surface area (Å²) in [5.74, 6) is -0.900. The van der Waals surface area contributed by atoms with E-state index in [0.717, 1.165) is 12.0 Å². The van der Waals surface area contributed by atoms with Crippen molar-refractivity contribution in [1.29, 1.82) is 5.26 Å². The number of amides is 1. The van der Waals surface area contributed by atoms with Crippen molar-refractivity contribution in [2.24, 2.45) is 0 Å². The van der Waals surface area contributed by atoms with E-state index in [1.165, 1.54) is 6.07 Å². The van der Waals surface area contributed by atoms with E-state index in [2.05, 4.69) is 21.2 Å². The molecule has 0 fully saturated rings. The van der Waals surface area contributed by atoms with Crippen molar-refractivity contribution in [1.82, 2.24) is 5.32 Å². The number of hydrogen-bond donors (Lipinski definition) is 1. The van der Waals surface area contributed by atoms with Crippen LogP contribution in [0.5, 0.6) is 0 Å². The Balaban J connectivity index is 2.10. The van der Waals surface area contributed by atoms with E-state index in [-0.39, 0.29) is 12.1 Å². The fraction of sp³-hybridized carbons (Fsp3) is 0.263. The molecule has 0 radical (unpaired) electrons. The Bertz CT molecular complexity index is 772. The van der Waals surface area contributed by atoms with Crippen LogP contribution in [0.1, 0.15) is 36.1 Å². The molecule has 0 aromatic heterocycles. The molecule has 1 amide bonds. The molecule has 0 spiro atoms. The van der Waals surface area contributed by atoms with E-state index in [0.29, 0.717) is 16.6 Å². The molecule has 0 aliphatic heterocycles. The molecular formula is C19H18BrFN2O2. The summed E-state index contributed by atoms with van der Waals surface area (Å²) in [7, 11) is 0. The second-order valence-corrected chi connectivity index (χ2v) is 6.36. The maximum absolute atomic E-state index is 14.2. The second kappa shape index (κ2) is 9.30. The van der Waals surface area contributed by atoms with Crippen molar-refractivity contribution in [2.45, 2.75) is 26.0 Å². The molecule has 25 heavy (non-hydrogen) atoms. The average Bonchev–Trinajstić information content (AvgIpc) is 2.62. The van der Waals surface area contributed by atoms with Crippen LogP contribution in [0.2, 0.25) is 0 Å². The zero-order valence-corrected chi connectivity index (χ0v) is 15.3. The summed E-state index contributed by atoms with van der Waals surface area (Å²) in [5, 5.41) is 11.6. The van der Waals surface area contributed by atoms with Crippen molar-refractivity contribution in [2.75, 3.05) is 6.61 Å². The summed E-state index contributed by atoms with van der Waals surface area (Å²) in [6.07, 6.45) is -0.288. The Morgan fingerprint density at radius 2 is 2.04 bits per heavy atom. The van der Waals surface area contributed by atoms with Crippen LogP contribution in [0.3, 0.4) is 0 Å². The van der Waals surface area contributed by atoms with Gasteiger partial charge >= 0.3 is 0 Å². The third-order valence-electron chi connectivity index (χ3n) is 3.52. The van der Waals surface area contributed by atoms with Crippen LogP contribution in [0, 0.1) is 17.1 Å². The molecule has 0 bridgehead atoms. The Hall–Kier alpha value is -2.23. The number of benzene rings is 2. The Labute approximate surface area is 154 Å². The lowest BCUT2D eigenvalue weighted by Gasteiger charge is -2.18. The minimum atomic E-state index is -1.01. The van der Waals surface area contributed by atoms with Crippen molar-refractivity contribution >= 4 is 21.8 Å². The normalized spacial score (nSPS) is 11.6. The van der Waals surface area contributed by atoms with Gasteiger partial charge in [-0.25, -0.2) is 4.39 Å². The third-order valence-corrected chi connectivity index (χ3v) is 4.01. The summed E-state index contributed by atoms with van der Waals surface area (Å²) in [4.78, 5) is 12.5. The zero-order valence-electron chi connectivity index (χ0n) is 13.8. The zero-order chi connectivity index (χ0) is 18.2. The summed E-state index contributed by atoms with van der Waals surface area (Å²) in [6.45, 7) is 2.54. The first kappa shape index (κ1) is 19.1. The maximum Gasteiger partial charge on any atom is 0.254 e. The fourth-order valence-electron chi connectivity index (χ4n) is 2.24. The molecule has 1 unspecified atom stereocenters. The minimum absolute atomic E-state index is 0.203. The average molecular weight is 405 g/mol. The predicted octanol–water partition coefficient (Wildman–Crippen LogP) is 4.24. The number of nitrogens with zero attached hydrogens (tertiary/aromatic N) is 1. The van der Waals surface area contributed by atoms with E-state index in [1.54, 1.807) is 36.4 Å². The second-order valence-electron chi connectivity index (χ2n) is 5.44. The number of nitriles is 1. The molecule has 6 heteroatoms. The van der Waals surface area contributed by atoms with Gasteiger partial charge in [-0.15, -0.1) is 0 Å². The fourth-order valence-corrected chi connectivity index (χ4v) is 2.57. The monoisotopic (exact) mass is 404 g/mol. The summed E-state index contributed by atoms with van der Waals surface area (Å²) < 4.78 is 20.4. The topological polar surface area (TPSA) is 62.1 Å². The first-order chi connectivity index (χ1) is 12.0. The largest absolute Gasteiger partial charge is 0.364 e. The van der Waals surface area contributed by atoms with Crippen molar-refractivity contribution < 1.29 is 13.9 Å². The van der Waals surface area contributed by atoms with Gasteiger partial charge in [-0.3, -0.25) is 4.79 Å². The number of ether oxygens (including phenoxy) is 1. The van der Waals surface area contributed by atoms with Gasteiger partial charge in [-0.05, 0) is 36.2 Å².